The van der Waals surface area contributed by atoms with Crippen molar-refractivity contribution < 1.29 is 19.1 Å². The van der Waals surface area contributed by atoms with Gasteiger partial charge in [0.15, 0.2) is 0 Å². The number of esters is 2. The first-order valence-corrected chi connectivity index (χ1v) is 13.4. The molecule has 0 aliphatic rings. The highest BCUT2D eigenvalue weighted by Crippen LogP contribution is 2.14. The number of nitrogens with zero attached hydrogens (tertiary/aromatic N) is 1. The molecule has 0 amide bonds. The Morgan fingerprint density at radius 1 is 0.750 bits per heavy atom. The highest BCUT2D eigenvalue weighted by Gasteiger charge is 2.17. The van der Waals surface area contributed by atoms with Crippen LogP contribution in [0.15, 0.2) is 0 Å². The smallest absolute Gasteiger partial charge is 0.308 e. The molecule has 0 spiro atoms. The summed E-state index contributed by atoms with van der Waals surface area (Å²) in [7, 11) is 3.97. The second kappa shape index (κ2) is 21.7. The van der Waals surface area contributed by atoms with Crippen molar-refractivity contribution in [3.8, 4) is 0 Å². The van der Waals surface area contributed by atoms with Crippen LogP contribution in [0.25, 0.3) is 0 Å². The van der Waals surface area contributed by atoms with E-state index >= 15 is 0 Å². The van der Waals surface area contributed by atoms with Gasteiger partial charge in [-0.3, -0.25) is 9.59 Å². The van der Waals surface area contributed by atoms with Gasteiger partial charge in [0.25, 0.3) is 0 Å². The Bertz CT molecular complexity index is 453. The first-order valence-electron chi connectivity index (χ1n) is 13.4. The number of hydrogen-bond acceptors (Lipinski definition) is 5. The van der Waals surface area contributed by atoms with Crippen LogP contribution in [-0.4, -0.2) is 50.2 Å². The highest BCUT2D eigenvalue weighted by atomic mass is 16.6. The van der Waals surface area contributed by atoms with Crippen LogP contribution in [0.4, 0.5) is 0 Å². The number of rotatable bonds is 22. The first-order chi connectivity index (χ1) is 15.4. The molecular formula is C27H53NO4. The van der Waals surface area contributed by atoms with Gasteiger partial charge in [-0.05, 0) is 40.4 Å². The van der Waals surface area contributed by atoms with Crippen LogP contribution in [0.1, 0.15) is 124 Å². The van der Waals surface area contributed by atoms with Gasteiger partial charge in [0.2, 0.25) is 0 Å². The van der Waals surface area contributed by atoms with Crippen LogP contribution in [0.5, 0.6) is 0 Å². The van der Waals surface area contributed by atoms with Gasteiger partial charge >= 0.3 is 11.9 Å². The maximum absolute atomic E-state index is 12.0. The van der Waals surface area contributed by atoms with Gasteiger partial charge in [-0.25, -0.2) is 0 Å². The fraction of sp³-hybridized carbons (Fsp3) is 0.926. The minimum atomic E-state index is -0.390. The number of unbranched alkanes of at least 4 members (excludes halogenated alkanes) is 13. The first kappa shape index (κ1) is 30.9. The largest absolute Gasteiger partial charge is 0.462 e. The number of ether oxygens (including phenoxy) is 2. The van der Waals surface area contributed by atoms with Crippen LogP contribution in [0.2, 0.25) is 0 Å². The predicted molar refractivity (Wildman–Crippen MR) is 134 cm³/mol. The van der Waals surface area contributed by atoms with E-state index in [-0.39, 0.29) is 30.6 Å². The van der Waals surface area contributed by atoms with E-state index in [1.165, 1.54) is 77.0 Å². The van der Waals surface area contributed by atoms with E-state index in [0.29, 0.717) is 6.42 Å². The van der Waals surface area contributed by atoms with Crippen molar-refractivity contribution in [2.24, 2.45) is 5.92 Å². The Morgan fingerprint density at radius 3 is 1.69 bits per heavy atom. The van der Waals surface area contributed by atoms with E-state index in [9.17, 15) is 9.59 Å². The van der Waals surface area contributed by atoms with Crippen molar-refractivity contribution in [2.45, 2.75) is 130 Å². The molecule has 190 valence electrons. The van der Waals surface area contributed by atoms with E-state index in [4.69, 9.17) is 9.47 Å². The summed E-state index contributed by atoms with van der Waals surface area (Å²) in [6, 6.07) is 0. The lowest BCUT2D eigenvalue weighted by Gasteiger charge is -2.17. The molecule has 0 radical (unpaired) electrons. The summed E-state index contributed by atoms with van der Waals surface area (Å²) in [5, 5.41) is 0. The number of hydrogen-bond donors (Lipinski definition) is 0. The Morgan fingerprint density at radius 2 is 1.22 bits per heavy atom. The Balaban J connectivity index is 3.51. The molecule has 0 heterocycles. The Labute approximate surface area is 199 Å². The minimum absolute atomic E-state index is 0.135. The normalized spacial score (nSPS) is 13.2. The molecule has 5 heteroatoms. The number of carbonyl (C=O) groups is 2. The average molecular weight is 456 g/mol. The van der Waals surface area contributed by atoms with Gasteiger partial charge in [-0.15, -0.1) is 0 Å². The monoisotopic (exact) mass is 455 g/mol. The molecule has 2 atom stereocenters. The predicted octanol–water partition coefficient (Wildman–Crippen LogP) is 6.92. The SMILES string of the molecule is CCCCCCCCCCCCCCCCC(=O)OC(C)COC(=O)C(C)CCN(C)C. The molecule has 0 bridgehead atoms. The molecule has 0 rings (SSSR count). The zero-order valence-electron chi connectivity index (χ0n) is 22.0. The van der Waals surface area contributed by atoms with Gasteiger partial charge in [0.1, 0.15) is 12.7 Å². The molecule has 0 aromatic rings. The molecule has 0 aromatic heterocycles. The average Bonchev–Trinajstić information content (AvgIpc) is 2.75. The van der Waals surface area contributed by atoms with E-state index in [0.717, 1.165) is 25.8 Å². The molecule has 0 N–H and O–H groups in total. The summed E-state index contributed by atoms with van der Waals surface area (Å²) >= 11 is 0. The summed E-state index contributed by atoms with van der Waals surface area (Å²) in [4.78, 5) is 26.0. The maximum Gasteiger partial charge on any atom is 0.308 e. The molecular weight excluding hydrogens is 402 g/mol. The van der Waals surface area contributed by atoms with Crippen LogP contribution in [0.3, 0.4) is 0 Å². The maximum atomic E-state index is 12.0. The molecule has 0 aliphatic carbocycles. The quantitative estimate of drug-likeness (QED) is 0.131. The summed E-state index contributed by atoms with van der Waals surface area (Å²) in [5.74, 6) is -0.550. The Kier molecular flexibility index (Phi) is 21.0. The van der Waals surface area contributed by atoms with Crippen molar-refractivity contribution in [1.82, 2.24) is 4.90 Å². The molecule has 5 nitrogen and oxygen atoms in total. The topological polar surface area (TPSA) is 55.8 Å². The van der Waals surface area contributed by atoms with Gasteiger partial charge in [-0.1, -0.05) is 97.3 Å². The summed E-state index contributed by atoms with van der Waals surface area (Å²) in [5.41, 5.74) is 0. The lowest BCUT2D eigenvalue weighted by Crippen LogP contribution is -2.26. The van der Waals surface area contributed by atoms with Crippen molar-refractivity contribution in [1.29, 1.82) is 0 Å². The molecule has 0 aromatic carbocycles. The van der Waals surface area contributed by atoms with Crippen molar-refractivity contribution in [3.63, 3.8) is 0 Å². The van der Waals surface area contributed by atoms with E-state index in [1.807, 2.05) is 25.9 Å². The second-order valence-electron chi connectivity index (χ2n) is 9.77. The van der Waals surface area contributed by atoms with Crippen LogP contribution < -0.4 is 0 Å². The molecule has 32 heavy (non-hydrogen) atoms. The lowest BCUT2D eigenvalue weighted by atomic mass is 10.0. The fourth-order valence-corrected chi connectivity index (χ4v) is 3.69. The molecule has 0 fully saturated rings. The summed E-state index contributed by atoms with van der Waals surface area (Å²) < 4.78 is 10.7. The highest BCUT2D eigenvalue weighted by molar-refractivity contribution is 5.72. The third-order valence-electron chi connectivity index (χ3n) is 5.94. The van der Waals surface area contributed by atoms with E-state index in [1.54, 1.807) is 6.92 Å². The summed E-state index contributed by atoms with van der Waals surface area (Å²) in [6.45, 7) is 6.90. The van der Waals surface area contributed by atoms with Gasteiger partial charge in [-0.2, -0.15) is 0 Å². The van der Waals surface area contributed by atoms with Gasteiger partial charge in [0.05, 0.1) is 5.92 Å². The third kappa shape index (κ3) is 20.8. The Hall–Kier alpha value is -1.10. The molecule has 2 unspecified atom stereocenters. The van der Waals surface area contributed by atoms with Crippen molar-refractivity contribution >= 4 is 11.9 Å². The molecule has 0 aliphatic heterocycles. The van der Waals surface area contributed by atoms with E-state index in [2.05, 4.69) is 6.92 Å². The third-order valence-corrected chi connectivity index (χ3v) is 5.94. The van der Waals surface area contributed by atoms with Crippen molar-refractivity contribution in [3.05, 3.63) is 0 Å². The number of carbonyl (C=O) groups excluding carboxylic acids is 2. The summed E-state index contributed by atoms with van der Waals surface area (Å²) in [6.07, 6.45) is 19.0. The standard InChI is InChI=1S/C27H53NO4/c1-6-7-8-9-10-11-12-13-14-15-16-17-18-19-20-26(29)32-25(3)23-31-27(30)24(2)21-22-28(4)5/h24-25H,6-23H2,1-5H3. The molecule has 0 saturated carbocycles. The van der Waals surface area contributed by atoms with Gasteiger partial charge in [0, 0.05) is 6.42 Å². The lowest BCUT2D eigenvalue weighted by molar-refractivity contribution is -0.160. The van der Waals surface area contributed by atoms with Crippen LogP contribution in [0, 0.1) is 5.92 Å². The van der Waals surface area contributed by atoms with E-state index < -0.39 is 0 Å². The molecule has 0 saturated heterocycles. The zero-order valence-corrected chi connectivity index (χ0v) is 22.0. The minimum Gasteiger partial charge on any atom is -0.462 e. The van der Waals surface area contributed by atoms with Crippen LogP contribution in [-0.2, 0) is 19.1 Å². The van der Waals surface area contributed by atoms with Crippen molar-refractivity contribution in [2.75, 3.05) is 27.2 Å². The fourth-order valence-electron chi connectivity index (χ4n) is 3.69. The second-order valence-corrected chi connectivity index (χ2v) is 9.77. The van der Waals surface area contributed by atoms with Gasteiger partial charge < -0.3 is 14.4 Å². The zero-order chi connectivity index (χ0) is 24.0. The van der Waals surface area contributed by atoms with Crippen LogP contribution >= 0.6 is 0 Å².